The molecular weight excluding hydrogens is 498 g/mol. The molecule has 0 radical (unpaired) electrons. The third kappa shape index (κ3) is 5.41. The first-order valence-corrected chi connectivity index (χ1v) is 12.4. The van der Waals surface area contributed by atoms with Crippen molar-refractivity contribution in [2.75, 3.05) is 6.61 Å². The molecule has 0 aliphatic rings. The van der Waals surface area contributed by atoms with Crippen LogP contribution in [-0.2, 0) is 4.74 Å². The van der Waals surface area contributed by atoms with Gasteiger partial charge in [0.1, 0.15) is 0 Å². The quantitative estimate of drug-likeness (QED) is 0.172. The summed E-state index contributed by atoms with van der Waals surface area (Å²) >= 11 is 6.07. The Morgan fingerprint density at radius 2 is 1.47 bits per heavy atom. The highest BCUT2D eigenvalue weighted by Crippen LogP contribution is 2.26. The highest BCUT2D eigenvalue weighted by molar-refractivity contribution is 6.30. The van der Waals surface area contributed by atoms with Crippen molar-refractivity contribution in [3.05, 3.63) is 125 Å². The molecular formula is C31H24ClN3O3. The van der Waals surface area contributed by atoms with Gasteiger partial charge in [0, 0.05) is 16.1 Å². The maximum absolute atomic E-state index is 12.9. The lowest BCUT2D eigenvalue weighted by Crippen LogP contribution is -2.15. The van der Waals surface area contributed by atoms with Crippen LogP contribution in [0.25, 0.3) is 28.2 Å². The Morgan fingerprint density at radius 3 is 2.18 bits per heavy atom. The van der Waals surface area contributed by atoms with Gasteiger partial charge in [0.05, 0.1) is 5.69 Å². The van der Waals surface area contributed by atoms with Gasteiger partial charge in [0.25, 0.3) is 5.82 Å². The van der Waals surface area contributed by atoms with Crippen molar-refractivity contribution in [2.45, 2.75) is 13.8 Å². The van der Waals surface area contributed by atoms with Crippen LogP contribution in [0.1, 0.15) is 32.1 Å². The van der Waals surface area contributed by atoms with Crippen molar-refractivity contribution in [3.8, 4) is 28.2 Å². The SMILES string of the molecule is Cc1ccc(C)c(-n2nc(C(=O)OCC(=O)c3ccc(-c4ccccc4)cc3)nc2-c2ccc(Cl)cc2)c1. The summed E-state index contributed by atoms with van der Waals surface area (Å²) in [6.07, 6.45) is 0. The number of rotatable bonds is 7. The fourth-order valence-corrected chi connectivity index (χ4v) is 4.18. The molecule has 0 aliphatic heterocycles. The average Bonchev–Trinajstić information content (AvgIpc) is 3.39. The van der Waals surface area contributed by atoms with E-state index in [1.165, 1.54) is 0 Å². The van der Waals surface area contributed by atoms with Crippen molar-refractivity contribution in [1.29, 1.82) is 0 Å². The largest absolute Gasteiger partial charge is 0.451 e. The summed E-state index contributed by atoms with van der Waals surface area (Å²) in [7, 11) is 0. The molecule has 1 aromatic heterocycles. The molecule has 0 bridgehead atoms. The van der Waals surface area contributed by atoms with Crippen molar-refractivity contribution in [1.82, 2.24) is 14.8 Å². The summed E-state index contributed by atoms with van der Waals surface area (Å²) in [6.45, 7) is 3.52. The van der Waals surface area contributed by atoms with E-state index >= 15 is 0 Å². The first-order chi connectivity index (χ1) is 18.4. The van der Waals surface area contributed by atoms with E-state index in [9.17, 15) is 9.59 Å². The highest BCUT2D eigenvalue weighted by Gasteiger charge is 2.22. The van der Waals surface area contributed by atoms with Crippen molar-refractivity contribution in [2.24, 2.45) is 0 Å². The lowest BCUT2D eigenvalue weighted by molar-refractivity contribution is 0.0462. The van der Waals surface area contributed by atoms with Crippen LogP contribution in [0.15, 0.2) is 97.1 Å². The van der Waals surface area contributed by atoms with Gasteiger partial charge in [-0.1, -0.05) is 78.3 Å². The molecule has 6 nitrogen and oxygen atoms in total. The van der Waals surface area contributed by atoms with Gasteiger partial charge >= 0.3 is 5.97 Å². The number of hydrogen-bond donors (Lipinski definition) is 0. The molecule has 0 unspecified atom stereocenters. The summed E-state index contributed by atoms with van der Waals surface area (Å²) < 4.78 is 6.94. The molecule has 0 fully saturated rings. The summed E-state index contributed by atoms with van der Waals surface area (Å²) in [6, 6.07) is 30.2. The van der Waals surface area contributed by atoms with E-state index in [0.29, 0.717) is 16.4 Å². The second kappa shape index (κ2) is 10.8. The number of aryl methyl sites for hydroxylation is 2. The highest BCUT2D eigenvalue weighted by atomic mass is 35.5. The third-order valence-corrected chi connectivity index (χ3v) is 6.39. The van der Waals surface area contributed by atoms with Gasteiger partial charge in [0.2, 0.25) is 0 Å². The summed E-state index contributed by atoms with van der Waals surface area (Å²) in [5.74, 6) is -0.767. The zero-order valence-electron chi connectivity index (χ0n) is 20.9. The third-order valence-electron chi connectivity index (χ3n) is 6.13. The van der Waals surface area contributed by atoms with E-state index in [0.717, 1.165) is 33.5 Å². The maximum atomic E-state index is 12.9. The topological polar surface area (TPSA) is 74.1 Å². The summed E-state index contributed by atoms with van der Waals surface area (Å²) in [4.78, 5) is 30.1. The fraction of sp³-hybridized carbons (Fsp3) is 0.0968. The van der Waals surface area contributed by atoms with E-state index < -0.39 is 12.6 Å². The van der Waals surface area contributed by atoms with Crippen molar-refractivity contribution < 1.29 is 14.3 Å². The molecule has 0 amide bonds. The number of carbonyl (C=O) groups is 2. The number of ether oxygens (including phenoxy) is 1. The zero-order valence-corrected chi connectivity index (χ0v) is 21.6. The average molecular weight is 522 g/mol. The van der Waals surface area contributed by atoms with Crippen LogP contribution in [0.2, 0.25) is 5.02 Å². The first kappa shape index (κ1) is 25.1. The molecule has 1 heterocycles. The Hall–Kier alpha value is -4.55. The van der Waals surface area contributed by atoms with Crippen LogP contribution in [0.4, 0.5) is 0 Å². The number of benzene rings is 4. The first-order valence-electron chi connectivity index (χ1n) is 12.1. The van der Waals surface area contributed by atoms with Crippen LogP contribution in [0.3, 0.4) is 0 Å². The van der Waals surface area contributed by atoms with Crippen LogP contribution in [-0.4, -0.2) is 33.1 Å². The van der Waals surface area contributed by atoms with E-state index in [-0.39, 0.29) is 11.6 Å². The predicted octanol–water partition coefficient (Wildman–Crippen LogP) is 6.91. The zero-order chi connectivity index (χ0) is 26.6. The molecule has 5 aromatic rings. The van der Waals surface area contributed by atoms with E-state index in [4.69, 9.17) is 16.3 Å². The molecule has 0 aliphatic carbocycles. The predicted molar refractivity (Wildman–Crippen MR) is 148 cm³/mol. The minimum Gasteiger partial charge on any atom is -0.451 e. The van der Waals surface area contributed by atoms with Crippen molar-refractivity contribution >= 4 is 23.4 Å². The molecule has 7 heteroatoms. The van der Waals surface area contributed by atoms with E-state index in [2.05, 4.69) is 10.1 Å². The van der Waals surface area contributed by atoms with Gasteiger partial charge in [0.15, 0.2) is 18.2 Å². The minimum atomic E-state index is -0.779. The summed E-state index contributed by atoms with van der Waals surface area (Å²) in [5.41, 5.74) is 6.02. The molecule has 4 aromatic carbocycles. The Labute approximate surface area is 225 Å². The van der Waals surface area contributed by atoms with Crippen LogP contribution >= 0.6 is 11.6 Å². The van der Waals surface area contributed by atoms with Crippen LogP contribution < -0.4 is 0 Å². The number of halogens is 1. The van der Waals surface area contributed by atoms with E-state index in [1.807, 2.05) is 86.6 Å². The number of aromatic nitrogens is 3. The number of ketones is 1. The minimum absolute atomic E-state index is 0.136. The van der Waals surface area contributed by atoms with E-state index in [1.54, 1.807) is 28.9 Å². The Bertz CT molecular complexity index is 1610. The Morgan fingerprint density at radius 1 is 0.816 bits per heavy atom. The molecule has 5 rings (SSSR count). The monoisotopic (exact) mass is 521 g/mol. The lowest BCUT2D eigenvalue weighted by atomic mass is 10.0. The molecule has 0 saturated heterocycles. The van der Waals surface area contributed by atoms with Gasteiger partial charge < -0.3 is 4.74 Å². The molecule has 0 saturated carbocycles. The number of carbonyl (C=O) groups excluding carboxylic acids is 2. The normalized spacial score (nSPS) is 10.8. The Kier molecular flexibility index (Phi) is 7.15. The number of esters is 1. The van der Waals surface area contributed by atoms with Gasteiger partial charge in [-0.3, -0.25) is 4.79 Å². The van der Waals surface area contributed by atoms with Gasteiger partial charge in [-0.05, 0) is 66.4 Å². The fourth-order valence-electron chi connectivity index (χ4n) is 4.06. The van der Waals surface area contributed by atoms with Crippen LogP contribution in [0.5, 0.6) is 0 Å². The molecule has 0 spiro atoms. The number of hydrogen-bond acceptors (Lipinski definition) is 5. The molecule has 0 atom stereocenters. The number of Topliss-reactive ketones (excluding diaryl/α,β-unsaturated/α-hetero) is 1. The molecule has 0 N–H and O–H groups in total. The summed E-state index contributed by atoms with van der Waals surface area (Å²) in [5, 5.41) is 5.05. The standard InChI is InChI=1S/C31H24ClN3O3/c1-20-8-9-21(2)27(18-20)35-30(25-14-16-26(32)17-15-25)33-29(34-35)31(37)38-19-28(36)24-12-10-23(11-13-24)22-6-4-3-5-7-22/h3-18H,19H2,1-2H3. The van der Waals surface area contributed by atoms with Crippen LogP contribution in [0, 0.1) is 13.8 Å². The lowest BCUT2D eigenvalue weighted by Gasteiger charge is -2.10. The second-order valence-corrected chi connectivity index (χ2v) is 9.35. The Balaban J connectivity index is 1.37. The second-order valence-electron chi connectivity index (χ2n) is 8.91. The molecule has 188 valence electrons. The smallest absolute Gasteiger partial charge is 0.378 e. The van der Waals surface area contributed by atoms with Gasteiger partial charge in [-0.15, -0.1) is 5.10 Å². The molecule has 38 heavy (non-hydrogen) atoms. The maximum Gasteiger partial charge on any atom is 0.378 e. The van der Waals surface area contributed by atoms with Gasteiger partial charge in [-0.2, -0.15) is 0 Å². The van der Waals surface area contributed by atoms with Gasteiger partial charge in [-0.25, -0.2) is 14.5 Å². The van der Waals surface area contributed by atoms with Crippen molar-refractivity contribution in [3.63, 3.8) is 0 Å². The number of nitrogens with zero attached hydrogens (tertiary/aromatic N) is 3.